The van der Waals surface area contributed by atoms with E-state index in [1.54, 1.807) is 18.2 Å². The largest absolute Gasteiger partial charge is 0.449 e. The highest BCUT2D eigenvalue weighted by Gasteiger charge is 2.38. The van der Waals surface area contributed by atoms with Gasteiger partial charge in [0.05, 0.1) is 6.61 Å². The molecule has 2 fully saturated rings. The molecule has 1 amide bonds. The van der Waals surface area contributed by atoms with Gasteiger partial charge in [0.1, 0.15) is 0 Å². The summed E-state index contributed by atoms with van der Waals surface area (Å²) in [4.78, 5) is 14.1. The first-order valence-corrected chi connectivity index (χ1v) is 11.5. The molecule has 1 aromatic carbocycles. The molecule has 1 aliphatic heterocycles. The summed E-state index contributed by atoms with van der Waals surface area (Å²) < 4.78 is 5.22. The van der Waals surface area contributed by atoms with Crippen LogP contribution in [0, 0.1) is 5.92 Å². The van der Waals surface area contributed by atoms with Gasteiger partial charge in [0.25, 0.3) is 0 Å². The number of nitrogens with one attached hydrogen (secondary N) is 1. The second-order valence-corrected chi connectivity index (χ2v) is 8.95. The van der Waals surface area contributed by atoms with Crippen molar-refractivity contribution in [1.82, 2.24) is 10.2 Å². The molecule has 2 aliphatic carbocycles. The standard InChI is InChI=1S/C24H36N2O2/c1-25-24(27)28-17-14-19-8-5-9-21-20(19)10-11-23-22(21)13-16-26(23)15-12-18-6-3-2-4-7-18/h5,8-9,18,22-23H,2-4,6-7,10-17H2,1H3,(H,25,27)/t22-,23+/m1/s1. The quantitative estimate of drug-likeness (QED) is 0.776. The minimum absolute atomic E-state index is 0.339. The molecule has 28 heavy (non-hydrogen) atoms. The number of ether oxygens (including phenoxy) is 1. The Labute approximate surface area is 170 Å². The Morgan fingerprint density at radius 1 is 1.18 bits per heavy atom. The molecule has 3 aliphatic rings. The number of nitrogens with zero attached hydrogens (tertiary/aromatic N) is 1. The summed E-state index contributed by atoms with van der Waals surface area (Å²) in [6.45, 7) is 3.03. The summed E-state index contributed by atoms with van der Waals surface area (Å²) >= 11 is 0. The van der Waals surface area contributed by atoms with Crippen molar-refractivity contribution < 1.29 is 9.53 Å². The van der Waals surface area contributed by atoms with Crippen LogP contribution in [0.1, 0.15) is 74.0 Å². The van der Waals surface area contributed by atoms with Gasteiger partial charge in [-0.1, -0.05) is 50.3 Å². The second-order valence-electron chi connectivity index (χ2n) is 8.95. The smallest absolute Gasteiger partial charge is 0.406 e. The van der Waals surface area contributed by atoms with Crippen molar-refractivity contribution in [1.29, 1.82) is 0 Å². The van der Waals surface area contributed by atoms with Gasteiger partial charge in [-0.05, 0) is 61.4 Å². The van der Waals surface area contributed by atoms with Gasteiger partial charge in [-0.15, -0.1) is 0 Å². The summed E-state index contributed by atoms with van der Waals surface area (Å²) in [5.74, 6) is 1.69. The minimum Gasteiger partial charge on any atom is -0.449 e. The Kier molecular flexibility index (Phi) is 6.56. The van der Waals surface area contributed by atoms with Gasteiger partial charge < -0.3 is 10.1 Å². The van der Waals surface area contributed by atoms with Crippen LogP contribution in [0.3, 0.4) is 0 Å². The molecule has 4 rings (SSSR count). The maximum absolute atomic E-state index is 11.3. The Bertz CT molecular complexity index is 669. The molecule has 0 radical (unpaired) electrons. The van der Waals surface area contributed by atoms with Crippen molar-refractivity contribution >= 4 is 6.09 Å². The zero-order chi connectivity index (χ0) is 19.3. The Balaban J connectivity index is 1.37. The highest BCUT2D eigenvalue weighted by atomic mass is 16.5. The number of amides is 1. The number of likely N-dealkylation sites (tertiary alicyclic amines) is 1. The van der Waals surface area contributed by atoms with E-state index in [1.807, 2.05) is 0 Å². The van der Waals surface area contributed by atoms with Gasteiger partial charge >= 0.3 is 6.09 Å². The fourth-order valence-corrected chi connectivity index (χ4v) is 5.93. The SMILES string of the molecule is CNC(=O)OCCc1cccc2c1CC[C@H]1[C@@H]2CCN1CCC1CCCCC1. The zero-order valence-electron chi connectivity index (χ0n) is 17.4. The summed E-state index contributed by atoms with van der Waals surface area (Å²) in [5.41, 5.74) is 4.49. The number of carbonyl (C=O) groups is 1. The van der Waals surface area contributed by atoms with E-state index in [2.05, 4.69) is 28.4 Å². The number of hydrogen-bond donors (Lipinski definition) is 1. The zero-order valence-corrected chi connectivity index (χ0v) is 17.4. The number of carbonyl (C=O) groups excluding carboxylic acids is 1. The lowest BCUT2D eigenvalue weighted by molar-refractivity contribution is 0.149. The third kappa shape index (κ3) is 4.37. The van der Waals surface area contributed by atoms with Gasteiger partial charge in [-0.2, -0.15) is 0 Å². The number of alkyl carbamates (subject to hydrolysis) is 1. The molecular formula is C24H36N2O2. The average molecular weight is 385 g/mol. The van der Waals surface area contributed by atoms with E-state index in [0.29, 0.717) is 12.5 Å². The normalized spacial score (nSPS) is 25.2. The van der Waals surface area contributed by atoms with Crippen molar-refractivity contribution in [2.45, 2.75) is 76.2 Å². The Morgan fingerprint density at radius 2 is 2.04 bits per heavy atom. The van der Waals surface area contributed by atoms with Crippen molar-refractivity contribution in [3.8, 4) is 0 Å². The van der Waals surface area contributed by atoms with Crippen LogP contribution in [0.5, 0.6) is 0 Å². The first-order chi connectivity index (χ1) is 13.8. The van der Waals surface area contributed by atoms with Gasteiger partial charge in [-0.3, -0.25) is 4.90 Å². The number of benzene rings is 1. The predicted octanol–water partition coefficient (Wildman–Crippen LogP) is 4.66. The fourth-order valence-electron chi connectivity index (χ4n) is 5.93. The molecule has 2 atom stereocenters. The summed E-state index contributed by atoms with van der Waals surface area (Å²) in [6, 6.07) is 7.54. The first-order valence-electron chi connectivity index (χ1n) is 11.5. The maximum Gasteiger partial charge on any atom is 0.406 e. The number of rotatable bonds is 6. The third-order valence-electron chi connectivity index (χ3n) is 7.42. The van der Waals surface area contributed by atoms with Crippen LogP contribution in [0.4, 0.5) is 4.79 Å². The van der Waals surface area contributed by atoms with E-state index >= 15 is 0 Å². The van der Waals surface area contributed by atoms with Gasteiger partial charge in [0.15, 0.2) is 0 Å². The lowest BCUT2D eigenvalue weighted by Crippen LogP contribution is -2.36. The summed E-state index contributed by atoms with van der Waals surface area (Å²) in [5, 5.41) is 2.52. The molecule has 0 bridgehead atoms. The van der Waals surface area contributed by atoms with Crippen LogP contribution in [0.15, 0.2) is 18.2 Å². The van der Waals surface area contributed by atoms with Crippen LogP contribution >= 0.6 is 0 Å². The molecule has 1 aromatic rings. The topological polar surface area (TPSA) is 41.6 Å². The van der Waals surface area contributed by atoms with Crippen molar-refractivity contribution in [2.24, 2.45) is 5.92 Å². The molecule has 1 N–H and O–H groups in total. The monoisotopic (exact) mass is 384 g/mol. The van der Waals surface area contributed by atoms with Crippen molar-refractivity contribution in [2.75, 3.05) is 26.7 Å². The van der Waals surface area contributed by atoms with Crippen LogP contribution in [0.2, 0.25) is 0 Å². The van der Waals surface area contributed by atoms with E-state index in [9.17, 15) is 4.79 Å². The Morgan fingerprint density at radius 3 is 2.86 bits per heavy atom. The molecule has 0 aromatic heterocycles. The molecule has 1 saturated carbocycles. The van der Waals surface area contributed by atoms with Crippen LogP contribution < -0.4 is 5.32 Å². The molecule has 1 heterocycles. The molecule has 0 unspecified atom stereocenters. The molecule has 154 valence electrons. The molecule has 1 saturated heterocycles. The minimum atomic E-state index is -0.339. The van der Waals surface area contributed by atoms with Crippen molar-refractivity contribution in [3.05, 3.63) is 34.9 Å². The van der Waals surface area contributed by atoms with Crippen LogP contribution in [-0.4, -0.2) is 43.8 Å². The number of fused-ring (bicyclic) bond motifs is 3. The van der Waals surface area contributed by atoms with Gasteiger partial charge in [0.2, 0.25) is 0 Å². The van der Waals surface area contributed by atoms with Crippen LogP contribution in [-0.2, 0) is 17.6 Å². The van der Waals surface area contributed by atoms with E-state index in [-0.39, 0.29) is 6.09 Å². The second kappa shape index (κ2) is 9.30. The summed E-state index contributed by atoms with van der Waals surface area (Å²) in [6.07, 6.45) is 13.0. The van der Waals surface area contributed by atoms with Gasteiger partial charge in [-0.25, -0.2) is 4.79 Å². The summed E-state index contributed by atoms with van der Waals surface area (Å²) in [7, 11) is 1.60. The molecule has 0 spiro atoms. The molecule has 4 heteroatoms. The van der Waals surface area contributed by atoms with E-state index < -0.39 is 0 Å². The molecule has 4 nitrogen and oxygen atoms in total. The molecular weight excluding hydrogens is 348 g/mol. The van der Waals surface area contributed by atoms with E-state index in [0.717, 1.165) is 18.4 Å². The Hall–Kier alpha value is -1.55. The first kappa shape index (κ1) is 19.8. The van der Waals surface area contributed by atoms with Crippen molar-refractivity contribution in [3.63, 3.8) is 0 Å². The van der Waals surface area contributed by atoms with Crippen LogP contribution in [0.25, 0.3) is 0 Å². The highest BCUT2D eigenvalue weighted by molar-refractivity contribution is 5.66. The fraction of sp³-hybridized carbons (Fsp3) is 0.708. The lowest BCUT2D eigenvalue weighted by atomic mass is 9.77. The van der Waals surface area contributed by atoms with E-state index in [1.165, 1.54) is 76.4 Å². The van der Waals surface area contributed by atoms with Gasteiger partial charge in [0, 0.05) is 25.4 Å². The maximum atomic E-state index is 11.3. The average Bonchev–Trinajstić information content (AvgIpc) is 3.16. The lowest BCUT2D eigenvalue weighted by Gasteiger charge is -2.35. The highest BCUT2D eigenvalue weighted by Crippen LogP contribution is 2.43. The number of hydrogen-bond acceptors (Lipinski definition) is 3. The third-order valence-corrected chi connectivity index (χ3v) is 7.42. The van der Waals surface area contributed by atoms with E-state index in [4.69, 9.17) is 4.74 Å². The predicted molar refractivity (Wildman–Crippen MR) is 113 cm³/mol.